The predicted octanol–water partition coefficient (Wildman–Crippen LogP) is 2.97. The smallest absolute Gasteiger partial charge is 0.407 e. The van der Waals surface area contributed by atoms with Crippen LogP contribution in [0.4, 0.5) is 10.5 Å². The highest BCUT2D eigenvalue weighted by Gasteiger charge is 2.47. The van der Waals surface area contributed by atoms with E-state index in [-0.39, 0.29) is 17.6 Å². The lowest BCUT2D eigenvalue weighted by molar-refractivity contribution is 0.0364. The van der Waals surface area contributed by atoms with Crippen LogP contribution in [0.2, 0.25) is 0 Å². The van der Waals surface area contributed by atoms with Gasteiger partial charge in [-0.25, -0.2) is 4.79 Å². The second kappa shape index (κ2) is 9.02. The molecular weight excluding hydrogens is 382 g/mol. The van der Waals surface area contributed by atoms with E-state index in [2.05, 4.69) is 40.7 Å². The van der Waals surface area contributed by atoms with Crippen LogP contribution in [0, 0.1) is 5.41 Å². The Morgan fingerprint density at radius 1 is 1.37 bits per heavy atom. The van der Waals surface area contributed by atoms with E-state index in [1.54, 1.807) is 7.11 Å². The van der Waals surface area contributed by atoms with Crippen molar-refractivity contribution in [3.63, 3.8) is 0 Å². The lowest BCUT2D eigenvalue weighted by Gasteiger charge is -2.33. The van der Waals surface area contributed by atoms with Gasteiger partial charge in [-0.2, -0.15) is 0 Å². The number of hydrogen-bond acceptors (Lipinski definition) is 6. The van der Waals surface area contributed by atoms with Crippen LogP contribution in [0.5, 0.6) is 5.75 Å². The summed E-state index contributed by atoms with van der Waals surface area (Å²) in [4.78, 5) is 14.8. The summed E-state index contributed by atoms with van der Waals surface area (Å²) in [6, 6.07) is 6.73. The molecule has 1 aromatic rings. The molecule has 2 aliphatic heterocycles. The number of ether oxygens (including phenoxy) is 3. The summed E-state index contributed by atoms with van der Waals surface area (Å²) in [5.41, 5.74) is 1.63. The second-order valence-corrected chi connectivity index (χ2v) is 9.52. The van der Waals surface area contributed by atoms with Crippen molar-refractivity contribution in [2.24, 2.45) is 5.41 Å². The van der Waals surface area contributed by atoms with Crippen LogP contribution in [0.1, 0.15) is 39.7 Å². The Labute approximate surface area is 180 Å². The van der Waals surface area contributed by atoms with Gasteiger partial charge in [0.1, 0.15) is 18.0 Å². The minimum Gasteiger partial charge on any atom is -0.492 e. The lowest BCUT2D eigenvalue weighted by Crippen LogP contribution is -2.50. The van der Waals surface area contributed by atoms with Crippen molar-refractivity contribution >= 4 is 11.8 Å². The number of methoxy groups -OCH3 is 1. The Balaban J connectivity index is 1.79. The minimum absolute atomic E-state index is 0.0667. The van der Waals surface area contributed by atoms with Crippen molar-refractivity contribution in [3.8, 4) is 5.75 Å². The summed E-state index contributed by atoms with van der Waals surface area (Å²) in [6.45, 7) is 10.5. The van der Waals surface area contributed by atoms with Gasteiger partial charge in [0.2, 0.25) is 0 Å². The number of amides is 1. The predicted molar refractivity (Wildman–Crippen MR) is 118 cm³/mol. The van der Waals surface area contributed by atoms with Gasteiger partial charge in [-0.3, -0.25) is 0 Å². The molecule has 168 valence electrons. The molecule has 7 nitrogen and oxygen atoms in total. The van der Waals surface area contributed by atoms with Gasteiger partial charge in [0.25, 0.3) is 0 Å². The highest BCUT2D eigenvalue weighted by molar-refractivity contribution is 5.69. The molecule has 2 N–H and O–H groups in total. The number of nitrogens with one attached hydrogen (secondary N) is 2. The number of rotatable bonds is 6. The minimum atomic E-state index is -0.528. The first-order valence-corrected chi connectivity index (χ1v) is 10.9. The van der Waals surface area contributed by atoms with Crippen LogP contribution in [0.25, 0.3) is 0 Å². The average Bonchev–Trinajstić information content (AvgIpc) is 3.04. The SMILES string of the molecule is CCC1(COC)CN(c2ccc3c(c2)OCC(NC)C3)CC1NC(=O)OC(C)(C)C. The van der Waals surface area contributed by atoms with Gasteiger partial charge in [-0.05, 0) is 52.3 Å². The number of likely N-dealkylation sites (N-methyl/N-ethyl adjacent to an activating group) is 1. The molecule has 3 atom stereocenters. The summed E-state index contributed by atoms with van der Waals surface area (Å²) in [7, 11) is 3.69. The Bertz CT molecular complexity index is 748. The van der Waals surface area contributed by atoms with Crippen molar-refractivity contribution in [3.05, 3.63) is 23.8 Å². The first kappa shape index (κ1) is 22.7. The molecule has 0 aliphatic carbocycles. The molecular formula is C23H37N3O4. The van der Waals surface area contributed by atoms with Crippen molar-refractivity contribution < 1.29 is 19.0 Å². The maximum absolute atomic E-state index is 12.5. The third kappa shape index (κ3) is 5.01. The number of fused-ring (bicyclic) bond motifs is 1. The number of alkyl carbamates (subject to hydrolysis) is 1. The Kier molecular flexibility index (Phi) is 6.82. The van der Waals surface area contributed by atoms with E-state index >= 15 is 0 Å². The van der Waals surface area contributed by atoms with Crippen LogP contribution in [-0.2, 0) is 15.9 Å². The van der Waals surface area contributed by atoms with E-state index in [9.17, 15) is 4.79 Å². The molecule has 1 aromatic carbocycles. The summed E-state index contributed by atoms with van der Waals surface area (Å²) in [5, 5.41) is 6.40. The van der Waals surface area contributed by atoms with Crippen LogP contribution in [0.15, 0.2) is 18.2 Å². The quantitative estimate of drug-likeness (QED) is 0.739. The molecule has 30 heavy (non-hydrogen) atoms. The van der Waals surface area contributed by atoms with Gasteiger partial charge in [-0.1, -0.05) is 13.0 Å². The van der Waals surface area contributed by atoms with Crippen molar-refractivity contribution in [2.75, 3.05) is 45.4 Å². The third-order valence-electron chi connectivity index (χ3n) is 6.21. The number of carbonyl (C=O) groups excluding carboxylic acids is 1. The monoisotopic (exact) mass is 419 g/mol. The molecule has 0 spiro atoms. The lowest BCUT2D eigenvalue weighted by atomic mass is 9.81. The maximum atomic E-state index is 12.5. The molecule has 1 amide bonds. The molecule has 0 radical (unpaired) electrons. The second-order valence-electron chi connectivity index (χ2n) is 9.52. The zero-order valence-electron chi connectivity index (χ0n) is 19.2. The fraction of sp³-hybridized carbons (Fsp3) is 0.696. The first-order valence-electron chi connectivity index (χ1n) is 10.9. The highest BCUT2D eigenvalue weighted by atomic mass is 16.6. The highest BCUT2D eigenvalue weighted by Crippen LogP contribution is 2.39. The molecule has 7 heteroatoms. The van der Waals surface area contributed by atoms with E-state index in [0.29, 0.717) is 25.8 Å². The molecule has 2 aliphatic rings. The van der Waals surface area contributed by atoms with Gasteiger partial charge >= 0.3 is 6.09 Å². The first-order chi connectivity index (χ1) is 14.2. The van der Waals surface area contributed by atoms with E-state index < -0.39 is 5.60 Å². The number of nitrogens with zero attached hydrogens (tertiary/aromatic N) is 1. The average molecular weight is 420 g/mol. The van der Waals surface area contributed by atoms with Crippen LogP contribution >= 0.6 is 0 Å². The molecule has 0 saturated carbocycles. The van der Waals surface area contributed by atoms with Crippen LogP contribution in [-0.4, -0.2) is 64.2 Å². The van der Waals surface area contributed by atoms with Crippen LogP contribution < -0.4 is 20.3 Å². The molecule has 3 rings (SSSR count). The van der Waals surface area contributed by atoms with Crippen molar-refractivity contribution in [1.82, 2.24) is 10.6 Å². The summed E-state index contributed by atoms with van der Waals surface area (Å²) >= 11 is 0. The van der Waals surface area contributed by atoms with Crippen LogP contribution in [0.3, 0.4) is 0 Å². The third-order valence-corrected chi connectivity index (χ3v) is 6.21. The van der Waals surface area contributed by atoms with E-state index in [0.717, 1.165) is 30.8 Å². The van der Waals surface area contributed by atoms with E-state index in [1.807, 2.05) is 27.8 Å². The van der Waals surface area contributed by atoms with Gasteiger partial charge < -0.3 is 29.7 Å². The zero-order valence-corrected chi connectivity index (χ0v) is 19.2. The van der Waals surface area contributed by atoms with Gasteiger partial charge in [-0.15, -0.1) is 0 Å². The normalized spacial score (nSPS) is 26.1. The standard InChI is InChI=1S/C23H37N3O4/c1-7-23(15-28-6)14-26(12-20(23)25-21(27)30-22(2,3)4)18-9-8-16-10-17(24-5)13-29-19(16)11-18/h8-9,11,17,20,24H,7,10,12-15H2,1-6H3,(H,25,27). The fourth-order valence-electron chi connectivity index (χ4n) is 4.45. The number of benzene rings is 1. The summed E-state index contributed by atoms with van der Waals surface area (Å²) < 4.78 is 17.1. The molecule has 2 heterocycles. The van der Waals surface area contributed by atoms with E-state index in [4.69, 9.17) is 14.2 Å². The Hall–Kier alpha value is -1.99. The zero-order chi connectivity index (χ0) is 21.9. The van der Waals surface area contributed by atoms with Crippen molar-refractivity contribution in [2.45, 2.75) is 58.2 Å². The van der Waals surface area contributed by atoms with Gasteiger partial charge in [0.05, 0.1) is 12.6 Å². The molecule has 1 fully saturated rings. The van der Waals surface area contributed by atoms with E-state index in [1.165, 1.54) is 5.56 Å². The summed E-state index contributed by atoms with van der Waals surface area (Å²) in [6.07, 6.45) is 1.48. The molecule has 1 saturated heterocycles. The number of carbonyl (C=O) groups is 1. The van der Waals surface area contributed by atoms with Gasteiger partial charge in [0, 0.05) is 43.4 Å². The largest absolute Gasteiger partial charge is 0.492 e. The number of anilines is 1. The molecule has 0 aromatic heterocycles. The Morgan fingerprint density at radius 2 is 2.13 bits per heavy atom. The van der Waals surface area contributed by atoms with Crippen molar-refractivity contribution in [1.29, 1.82) is 0 Å². The fourth-order valence-corrected chi connectivity index (χ4v) is 4.45. The molecule has 0 bridgehead atoms. The Morgan fingerprint density at radius 3 is 2.77 bits per heavy atom. The number of hydrogen-bond donors (Lipinski definition) is 2. The maximum Gasteiger partial charge on any atom is 0.407 e. The topological polar surface area (TPSA) is 72.1 Å². The molecule has 3 unspecified atom stereocenters. The summed E-state index contributed by atoms with van der Waals surface area (Å²) in [5.74, 6) is 0.955. The van der Waals surface area contributed by atoms with Gasteiger partial charge in [0.15, 0.2) is 0 Å².